The number of nitrogens with zero attached hydrogens (tertiary/aromatic N) is 1. The molecule has 1 fully saturated rings. The fourth-order valence-electron chi connectivity index (χ4n) is 3.33. The molecule has 30 heavy (non-hydrogen) atoms. The van der Waals surface area contributed by atoms with Gasteiger partial charge in [-0.3, -0.25) is 4.99 Å². The molecule has 0 bridgehead atoms. The van der Waals surface area contributed by atoms with Crippen molar-refractivity contribution >= 4 is 29.9 Å². The van der Waals surface area contributed by atoms with Crippen molar-refractivity contribution in [2.45, 2.75) is 50.8 Å². The largest absolute Gasteiger partial charge is 0.416 e. The Hall–Kier alpha value is -1.07. The minimum atomic E-state index is -4.32. The lowest BCUT2D eigenvalue weighted by Crippen LogP contribution is -2.44. The zero-order valence-corrected chi connectivity index (χ0v) is 20.2. The molecule has 2 rings (SSSR count). The van der Waals surface area contributed by atoms with Crippen LogP contribution in [0.3, 0.4) is 0 Å². The second kappa shape index (κ2) is 12.7. The fraction of sp³-hybridized carbons (Fsp3) is 0.667. The van der Waals surface area contributed by atoms with Crippen molar-refractivity contribution in [2.24, 2.45) is 4.99 Å². The summed E-state index contributed by atoms with van der Waals surface area (Å²) in [6.45, 7) is 7.12. The van der Waals surface area contributed by atoms with Gasteiger partial charge in [0.1, 0.15) is 0 Å². The minimum Gasteiger partial charge on any atom is -0.381 e. The Bertz CT molecular complexity index is 665. The second-order valence-electron chi connectivity index (χ2n) is 7.43. The molecule has 9 heteroatoms. The number of methoxy groups -OCH3 is 1. The molecule has 0 amide bonds. The Kier molecular flexibility index (Phi) is 11.4. The smallest absolute Gasteiger partial charge is 0.381 e. The molecule has 0 aliphatic carbocycles. The van der Waals surface area contributed by atoms with Gasteiger partial charge in [-0.25, -0.2) is 0 Å². The number of aliphatic imine (C=N–C) groups is 1. The molecule has 1 aromatic rings. The standard InChI is InChI=1S/C21H32F3N3O2.HI/c1-4-25-19(27-15-20(28-3)9-12-29-13-10-20)26-11-8-16(2)17-6-5-7-18(14-17)21(22,23)24;/h5-7,14,16H,4,8-13,15H2,1-3H3,(H2,25,26,27);1H. The first-order valence-corrected chi connectivity index (χ1v) is 10.1. The number of hydrogen-bond acceptors (Lipinski definition) is 3. The minimum absolute atomic E-state index is 0. The normalized spacial score (nSPS) is 17.7. The summed E-state index contributed by atoms with van der Waals surface area (Å²) in [5.74, 6) is 0.681. The Morgan fingerprint density at radius 2 is 1.97 bits per heavy atom. The molecule has 1 atom stereocenters. The molecule has 172 valence electrons. The summed E-state index contributed by atoms with van der Waals surface area (Å²) < 4.78 is 49.9. The maximum atomic E-state index is 12.9. The number of alkyl halides is 3. The van der Waals surface area contributed by atoms with Gasteiger partial charge in [-0.1, -0.05) is 25.1 Å². The van der Waals surface area contributed by atoms with E-state index in [1.165, 1.54) is 12.1 Å². The quantitative estimate of drug-likeness (QED) is 0.287. The fourth-order valence-corrected chi connectivity index (χ4v) is 3.33. The van der Waals surface area contributed by atoms with Crippen LogP contribution in [-0.4, -0.2) is 51.5 Å². The van der Waals surface area contributed by atoms with Crippen molar-refractivity contribution in [3.8, 4) is 0 Å². The number of nitrogens with one attached hydrogen (secondary N) is 2. The topological polar surface area (TPSA) is 54.9 Å². The van der Waals surface area contributed by atoms with E-state index in [1.807, 2.05) is 13.8 Å². The van der Waals surface area contributed by atoms with E-state index in [4.69, 9.17) is 9.47 Å². The van der Waals surface area contributed by atoms with E-state index >= 15 is 0 Å². The van der Waals surface area contributed by atoms with E-state index in [9.17, 15) is 13.2 Å². The van der Waals surface area contributed by atoms with Gasteiger partial charge in [-0.15, -0.1) is 24.0 Å². The van der Waals surface area contributed by atoms with Gasteiger partial charge < -0.3 is 20.1 Å². The molecule has 5 nitrogen and oxygen atoms in total. The van der Waals surface area contributed by atoms with Crippen molar-refractivity contribution in [3.63, 3.8) is 0 Å². The Morgan fingerprint density at radius 1 is 1.27 bits per heavy atom. The number of guanidine groups is 1. The molecule has 0 saturated carbocycles. The van der Waals surface area contributed by atoms with Crippen LogP contribution in [0, 0.1) is 0 Å². The summed E-state index contributed by atoms with van der Waals surface area (Å²) >= 11 is 0. The molecule has 1 aliphatic heterocycles. The van der Waals surface area contributed by atoms with Crippen LogP contribution in [0.5, 0.6) is 0 Å². The maximum Gasteiger partial charge on any atom is 0.416 e. The summed E-state index contributed by atoms with van der Waals surface area (Å²) in [6.07, 6.45) is -2.02. The number of ether oxygens (including phenoxy) is 2. The Labute approximate surface area is 194 Å². The second-order valence-corrected chi connectivity index (χ2v) is 7.43. The van der Waals surface area contributed by atoms with E-state index < -0.39 is 11.7 Å². The monoisotopic (exact) mass is 543 g/mol. The number of rotatable bonds is 8. The third-order valence-electron chi connectivity index (χ3n) is 5.36. The van der Waals surface area contributed by atoms with Crippen LogP contribution in [0.4, 0.5) is 13.2 Å². The van der Waals surface area contributed by atoms with Gasteiger partial charge in [-0.05, 0) is 30.9 Å². The van der Waals surface area contributed by atoms with E-state index in [2.05, 4.69) is 15.6 Å². The predicted octanol–water partition coefficient (Wildman–Crippen LogP) is 4.57. The Morgan fingerprint density at radius 3 is 2.57 bits per heavy atom. The third-order valence-corrected chi connectivity index (χ3v) is 5.36. The lowest BCUT2D eigenvalue weighted by atomic mass is 9.94. The predicted molar refractivity (Wildman–Crippen MR) is 124 cm³/mol. The molecule has 1 unspecified atom stereocenters. The highest BCUT2D eigenvalue weighted by Gasteiger charge is 2.32. The van der Waals surface area contributed by atoms with Crippen molar-refractivity contribution in [3.05, 3.63) is 35.4 Å². The highest BCUT2D eigenvalue weighted by atomic mass is 127. The van der Waals surface area contributed by atoms with Crippen LogP contribution in [0.2, 0.25) is 0 Å². The van der Waals surface area contributed by atoms with Gasteiger partial charge in [0.25, 0.3) is 0 Å². The van der Waals surface area contributed by atoms with E-state index in [-0.39, 0.29) is 35.5 Å². The summed E-state index contributed by atoms with van der Waals surface area (Å²) in [4.78, 5) is 4.66. The molecule has 1 aromatic carbocycles. The van der Waals surface area contributed by atoms with Gasteiger partial charge in [0.2, 0.25) is 0 Å². The SMILES string of the molecule is CCNC(=NCC1(OC)CCOCC1)NCCC(C)c1cccc(C(F)(F)F)c1.I. The molecule has 0 spiro atoms. The van der Waals surface area contributed by atoms with Crippen molar-refractivity contribution in [1.82, 2.24) is 10.6 Å². The molecular formula is C21H33F3IN3O2. The lowest BCUT2D eigenvalue weighted by molar-refractivity contribution is -0.137. The summed E-state index contributed by atoms with van der Waals surface area (Å²) in [5.41, 5.74) is -0.221. The van der Waals surface area contributed by atoms with Gasteiger partial charge in [0.05, 0.1) is 17.7 Å². The summed E-state index contributed by atoms with van der Waals surface area (Å²) in [7, 11) is 1.71. The van der Waals surface area contributed by atoms with Crippen LogP contribution in [0.15, 0.2) is 29.3 Å². The average Bonchev–Trinajstić information content (AvgIpc) is 2.72. The van der Waals surface area contributed by atoms with E-state index in [0.717, 1.165) is 25.5 Å². The summed E-state index contributed by atoms with van der Waals surface area (Å²) in [5, 5.41) is 6.49. The highest BCUT2D eigenvalue weighted by Crippen LogP contribution is 2.31. The molecule has 1 saturated heterocycles. The zero-order valence-electron chi connectivity index (χ0n) is 17.8. The van der Waals surface area contributed by atoms with E-state index in [0.29, 0.717) is 44.2 Å². The molecular weight excluding hydrogens is 510 g/mol. The van der Waals surface area contributed by atoms with Crippen molar-refractivity contribution < 1.29 is 22.6 Å². The van der Waals surface area contributed by atoms with Gasteiger partial charge in [0, 0.05) is 46.3 Å². The first-order valence-electron chi connectivity index (χ1n) is 10.1. The number of halogens is 4. The molecule has 0 aromatic heterocycles. The Balaban J connectivity index is 0.00000450. The van der Waals surface area contributed by atoms with E-state index in [1.54, 1.807) is 13.2 Å². The average molecular weight is 543 g/mol. The third kappa shape index (κ3) is 8.22. The van der Waals surface area contributed by atoms with Crippen LogP contribution < -0.4 is 10.6 Å². The zero-order chi connectivity index (χ0) is 21.3. The van der Waals surface area contributed by atoms with Crippen LogP contribution >= 0.6 is 24.0 Å². The first kappa shape index (κ1) is 27.0. The lowest BCUT2D eigenvalue weighted by Gasteiger charge is -2.34. The van der Waals surface area contributed by atoms with Crippen LogP contribution in [0.25, 0.3) is 0 Å². The van der Waals surface area contributed by atoms with Crippen LogP contribution in [-0.2, 0) is 15.7 Å². The molecule has 0 radical (unpaired) electrons. The molecule has 1 heterocycles. The first-order chi connectivity index (χ1) is 13.8. The van der Waals surface area contributed by atoms with Crippen molar-refractivity contribution in [2.75, 3.05) is 40.0 Å². The van der Waals surface area contributed by atoms with Crippen LogP contribution in [0.1, 0.15) is 50.2 Å². The maximum absolute atomic E-state index is 12.9. The molecule has 1 aliphatic rings. The van der Waals surface area contributed by atoms with Gasteiger partial charge in [-0.2, -0.15) is 13.2 Å². The summed E-state index contributed by atoms with van der Waals surface area (Å²) in [6, 6.07) is 5.54. The van der Waals surface area contributed by atoms with Gasteiger partial charge in [0.15, 0.2) is 5.96 Å². The van der Waals surface area contributed by atoms with Crippen molar-refractivity contribution in [1.29, 1.82) is 0 Å². The molecule has 2 N–H and O–H groups in total. The highest BCUT2D eigenvalue weighted by molar-refractivity contribution is 14.0. The van der Waals surface area contributed by atoms with Gasteiger partial charge >= 0.3 is 6.18 Å². The number of hydrogen-bond donors (Lipinski definition) is 2. The number of benzene rings is 1.